The van der Waals surface area contributed by atoms with Crippen molar-refractivity contribution in [3.8, 4) is 0 Å². The first-order valence-corrected chi connectivity index (χ1v) is 12.1. The summed E-state index contributed by atoms with van der Waals surface area (Å²) in [6, 6.07) is 13.9. The van der Waals surface area contributed by atoms with Crippen LogP contribution in [0.2, 0.25) is 5.02 Å². The van der Waals surface area contributed by atoms with Crippen molar-refractivity contribution < 1.29 is 14.6 Å². The number of amides is 1. The average molecular weight is 485 g/mol. The number of anilines is 1. The third-order valence-electron chi connectivity index (χ3n) is 6.47. The average Bonchev–Trinajstić information content (AvgIpc) is 3.17. The molecule has 3 aromatic rings. The second-order valence-corrected chi connectivity index (χ2v) is 9.10. The molecule has 0 saturated carbocycles. The zero-order valence-corrected chi connectivity index (χ0v) is 20.6. The third kappa shape index (κ3) is 5.39. The van der Waals surface area contributed by atoms with Gasteiger partial charge < -0.3 is 24.6 Å². The summed E-state index contributed by atoms with van der Waals surface area (Å²) in [6.07, 6.45) is 0. The minimum absolute atomic E-state index is 0.0358. The molecular weight excluding hydrogens is 452 g/mol. The Kier molecular flexibility index (Phi) is 8.11. The van der Waals surface area contributed by atoms with Crippen molar-refractivity contribution in [2.75, 3.05) is 58.4 Å². The van der Waals surface area contributed by atoms with E-state index in [1.54, 1.807) is 7.11 Å². The highest BCUT2D eigenvalue weighted by Crippen LogP contribution is 2.31. The molecule has 7 nitrogen and oxygen atoms in total. The zero-order valence-electron chi connectivity index (χ0n) is 19.9. The predicted molar refractivity (Wildman–Crippen MR) is 137 cm³/mol. The number of ether oxygens (including phenoxy) is 1. The van der Waals surface area contributed by atoms with E-state index in [0.29, 0.717) is 43.4 Å². The zero-order chi connectivity index (χ0) is 24.1. The lowest BCUT2D eigenvalue weighted by Crippen LogP contribution is -2.49. The molecule has 0 unspecified atom stereocenters. The number of aryl methyl sites for hydroxylation is 1. The number of nitrogens with one attached hydrogen (secondary N) is 1. The number of methoxy groups -OCH3 is 1. The van der Waals surface area contributed by atoms with Crippen LogP contribution in [0, 0.1) is 6.92 Å². The van der Waals surface area contributed by atoms with Crippen molar-refractivity contribution in [2.45, 2.75) is 20.0 Å². The number of halogens is 1. The first kappa shape index (κ1) is 24.5. The molecule has 1 aliphatic heterocycles. The van der Waals surface area contributed by atoms with E-state index in [0.717, 1.165) is 47.5 Å². The highest BCUT2D eigenvalue weighted by Gasteiger charge is 2.23. The Morgan fingerprint density at radius 1 is 1.12 bits per heavy atom. The number of carbonyl (C=O) groups excluding carboxylic acids is 1. The predicted octanol–water partition coefficient (Wildman–Crippen LogP) is 3.61. The molecule has 1 saturated heterocycles. The molecule has 0 aliphatic carbocycles. The smallest absolute Gasteiger partial charge is 0.254 e. The van der Waals surface area contributed by atoms with Crippen LogP contribution in [0.1, 0.15) is 21.6 Å². The van der Waals surface area contributed by atoms with E-state index in [2.05, 4.69) is 27.8 Å². The van der Waals surface area contributed by atoms with Gasteiger partial charge in [-0.15, -0.1) is 0 Å². The minimum atomic E-state index is 0.0358. The van der Waals surface area contributed by atoms with E-state index in [-0.39, 0.29) is 12.5 Å². The van der Waals surface area contributed by atoms with Crippen molar-refractivity contribution in [2.24, 2.45) is 0 Å². The van der Waals surface area contributed by atoms with Gasteiger partial charge in [-0.2, -0.15) is 0 Å². The fraction of sp³-hybridized carbons (Fsp3) is 0.423. The van der Waals surface area contributed by atoms with Crippen LogP contribution in [0.3, 0.4) is 0 Å². The van der Waals surface area contributed by atoms with Gasteiger partial charge in [0.25, 0.3) is 5.91 Å². The minimum Gasteiger partial charge on any atom is -0.395 e. The Morgan fingerprint density at radius 2 is 1.88 bits per heavy atom. The second-order valence-electron chi connectivity index (χ2n) is 8.69. The molecule has 182 valence electrons. The van der Waals surface area contributed by atoms with Gasteiger partial charge in [0.15, 0.2) is 0 Å². The fourth-order valence-corrected chi connectivity index (χ4v) is 4.81. The fourth-order valence-electron chi connectivity index (χ4n) is 4.61. The molecule has 34 heavy (non-hydrogen) atoms. The van der Waals surface area contributed by atoms with E-state index in [1.165, 1.54) is 0 Å². The van der Waals surface area contributed by atoms with Crippen LogP contribution in [-0.4, -0.2) is 78.4 Å². The van der Waals surface area contributed by atoms with E-state index < -0.39 is 0 Å². The SMILES string of the molecule is COCCn1c(C)cc2cc(C(=O)N3CCN(CCO)CC3)cc(NCc3ccccc3Cl)c21. The van der Waals surface area contributed by atoms with Crippen LogP contribution >= 0.6 is 11.6 Å². The number of aliphatic hydroxyl groups excluding tert-OH is 1. The maximum Gasteiger partial charge on any atom is 0.254 e. The third-order valence-corrected chi connectivity index (χ3v) is 6.84. The number of hydrogen-bond acceptors (Lipinski definition) is 5. The highest BCUT2D eigenvalue weighted by atomic mass is 35.5. The molecule has 1 aromatic heterocycles. The van der Waals surface area contributed by atoms with Gasteiger partial charge in [-0.1, -0.05) is 29.8 Å². The van der Waals surface area contributed by atoms with Gasteiger partial charge >= 0.3 is 0 Å². The normalized spacial score (nSPS) is 14.6. The van der Waals surface area contributed by atoms with Crippen LogP contribution in [0.5, 0.6) is 0 Å². The van der Waals surface area contributed by atoms with Crippen LogP contribution < -0.4 is 5.32 Å². The summed E-state index contributed by atoms with van der Waals surface area (Å²) in [4.78, 5) is 17.5. The first-order valence-electron chi connectivity index (χ1n) is 11.7. The molecular formula is C26H33ClN4O3. The van der Waals surface area contributed by atoms with Gasteiger partial charge in [-0.3, -0.25) is 9.69 Å². The number of benzene rings is 2. The molecule has 1 aliphatic rings. The summed E-state index contributed by atoms with van der Waals surface area (Å²) in [6.45, 7) is 7.64. The lowest BCUT2D eigenvalue weighted by molar-refractivity contribution is 0.0615. The number of β-amino-alcohol motifs (C(OH)–C–C–N with tert-alkyl or cyclic N) is 1. The Bertz CT molecular complexity index is 1140. The lowest BCUT2D eigenvalue weighted by atomic mass is 10.1. The molecule has 1 amide bonds. The van der Waals surface area contributed by atoms with Gasteiger partial charge in [-0.25, -0.2) is 0 Å². The molecule has 1 fully saturated rings. The number of nitrogens with zero attached hydrogens (tertiary/aromatic N) is 3. The molecule has 2 heterocycles. The number of rotatable bonds is 9. The topological polar surface area (TPSA) is 70.0 Å². The maximum atomic E-state index is 13.4. The van der Waals surface area contributed by atoms with Crippen molar-refractivity contribution in [1.82, 2.24) is 14.4 Å². The Balaban J connectivity index is 1.65. The van der Waals surface area contributed by atoms with Crippen molar-refractivity contribution >= 4 is 34.1 Å². The van der Waals surface area contributed by atoms with Gasteiger partial charge in [-0.05, 0) is 36.8 Å². The number of hydrogen-bond donors (Lipinski definition) is 2. The summed E-state index contributed by atoms with van der Waals surface area (Å²) in [5.74, 6) is 0.0358. The maximum absolute atomic E-state index is 13.4. The molecule has 2 N–H and O–H groups in total. The largest absolute Gasteiger partial charge is 0.395 e. The molecule has 4 rings (SSSR count). The number of carbonyl (C=O) groups is 1. The van der Waals surface area contributed by atoms with Crippen LogP contribution in [0.4, 0.5) is 5.69 Å². The van der Waals surface area contributed by atoms with Crippen molar-refractivity contribution in [3.05, 3.63) is 64.3 Å². The molecule has 0 radical (unpaired) electrons. The standard InChI is InChI=1S/C26H33ClN4O3/c1-19-15-21-16-22(26(33)30-9-7-29(8-10-30)11-13-32)17-24(25(21)31(19)12-14-34-2)28-18-20-5-3-4-6-23(20)27/h3-6,15-17,28,32H,7-14,18H2,1-2H3. The molecule has 2 aromatic carbocycles. The van der Waals surface area contributed by atoms with E-state index in [1.807, 2.05) is 41.3 Å². The summed E-state index contributed by atoms with van der Waals surface area (Å²) in [7, 11) is 1.70. The monoisotopic (exact) mass is 484 g/mol. The first-order chi connectivity index (χ1) is 16.5. The molecule has 0 spiro atoms. The number of aromatic nitrogens is 1. The summed E-state index contributed by atoms with van der Waals surface area (Å²) in [5, 5.41) is 14.5. The Morgan fingerprint density at radius 3 is 2.59 bits per heavy atom. The summed E-state index contributed by atoms with van der Waals surface area (Å²) in [5.41, 5.74) is 4.76. The van der Waals surface area contributed by atoms with Crippen molar-refractivity contribution in [1.29, 1.82) is 0 Å². The second kappa shape index (κ2) is 11.2. The number of aliphatic hydroxyl groups is 1. The van der Waals surface area contributed by atoms with Crippen LogP contribution in [-0.2, 0) is 17.8 Å². The Labute approximate surface area is 205 Å². The quantitative estimate of drug-likeness (QED) is 0.485. The number of fused-ring (bicyclic) bond motifs is 1. The van der Waals surface area contributed by atoms with Crippen LogP contribution in [0.15, 0.2) is 42.5 Å². The van der Waals surface area contributed by atoms with Gasteiger partial charge in [0, 0.05) is 74.6 Å². The van der Waals surface area contributed by atoms with Crippen LogP contribution in [0.25, 0.3) is 10.9 Å². The van der Waals surface area contributed by atoms with E-state index in [4.69, 9.17) is 16.3 Å². The van der Waals surface area contributed by atoms with Crippen molar-refractivity contribution in [3.63, 3.8) is 0 Å². The summed E-state index contributed by atoms with van der Waals surface area (Å²) >= 11 is 6.39. The molecule has 0 bridgehead atoms. The lowest BCUT2D eigenvalue weighted by Gasteiger charge is -2.34. The van der Waals surface area contributed by atoms with E-state index in [9.17, 15) is 9.90 Å². The number of piperazine rings is 1. The van der Waals surface area contributed by atoms with E-state index >= 15 is 0 Å². The van der Waals surface area contributed by atoms with Gasteiger partial charge in [0.05, 0.1) is 24.4 Å². The molecule has 0 atom stereocenters. The molecule has 8 heteroatoms. The summed E-state index contributed by atoms with van der Waals surface area (Å²) < 4.78 is 7.56. The van der Waals surface area contributed by atoms with Gasteiger partial charge in [0.1, 0.15) is 0 Å². The van der Waals surface area contributed by atoms with Gasteiger partial charge in [0.2, 0.25) is 0 Å². The Hall–Kier alpha value is -2.58. The highest BCUT2D eigenvalue weighted by molar-refractivity contribution is 6.31.